The maximum absolute atomic E-state index is 11.6. The predicted octanol–water partition coefficient (Wildman–Crippen LogP) is 2.37. The van der Waals surface area contributed by atoms with Gasteiger partial charge in [0.25, 0.3) is 0 Å². The number of carbonyl (C=O) groups is 1. The SMILES string of the molecule is Cc1cc(C)cc(CCN2CCC(N3CCOC3=O)C2)c1. The molecule has 1 amide bonds. The van der Waals surface area contributed by atoms with Gasteiger partial charge in [-0.2, -0.15) is 0 Å². The van der Waals surface area contributed by atoms with Gasteiger partial charge in [0.2, 0.25) is 0 Å². The highest BCUT2D eigenvalue weighted by Crippen LogP contribution is 2.19. The minimum absolute atomic E-state index is 0.129. The zero-order valence-corrected chi connectivity index (χ0v) is 13.0. The first-order valence-electron chi connectivity index (χ1n) is 7.85. The molecule has 3 rings (SSSR count). The number of hydrogen-bond acceptors (Lipinski definition) is 3. The standard InChI is InChI=1S/C17H24N2O2/c1-13-9-14(2)11-15(10-13)3-5-18-6-4-16(12-18)19-7-8-21-17(19)20/h9-11,16H,3-8,12H2,1-2H3. The van der Waals surface area contributed by atoms with E-state index in [4.69, 9.17) is 4.74 Å². The lowest BCUT2D eigenvalue weighted by molar-refractivity contribution is 0.148. The molecule has 2 aliphatic rings. The van der Waals surface area contributed by atoms with E-state index >= 15 is 0 Å². The van der Waals surface area contributed by atoms with Crippen molar-refractivity contribution in [1.29, 1.82) is 0 Å². The number of cyclic esters (lactones) is 1. The first-order valence-corrected chi connectivity index (χ1v) is 7.85. The Hall–Kier alpha value is -1.55. The second-order valence-electron chi connectivity index (χ2n) is 6.30. The van der Waals surface area contributed by atoms with Gasteiger partial charge in [0.05, 0.1) is 6.54 Å². The first-order chi connectivity index (χ1) is 10.1. The molecule has 1 unspecified atom stereocenters. The molecule has 114 valence electrons. The highest BCUT2D eigenvalue weighted by Gasteiger charge is 2.34. The third-order valence-electron chi connectivity index (χ3n) is 4.48. The molecular weight excluding hydrogens is 264 g/mol. The van der Waals surface area contributed by atoms with Gasteiger partial charge in [-0.15, -0.1) is 0 Å². The number of rotatable bonds is 4. The lowest BCUT2D eigenvalue weighted by Gasteiger charge is -2.22. The van der Waals surface area contributed by atoms with Gasteiger partial charge >= 0.3 is 6.09 Å². The number of aryl methyl sites for hydroxylation is 2. The molecule has 2 saturated heterocycles. The molecule has 0 spiro atoms. The molecule has 0 aliphatic carbocycles. The number of hydrogen-bond donors (Lipinski definition) is 0. The van der Waals surface area contributed by atoms with E-state index in [-0.39, 0.29) is 6.09 Å². The van der Waals surface area contributed by atoms with Crippen LogP contribution < -0.4 is 0 Å². The van der Waals surface area contributed by atoms with Crippen LogP contribution in [0.15, 0.2) is 18.2 Å². The maximum atomic E-state index is 11.6. The number of ether oxygens (including phenoxy) is 1. The summed E-state index contributed by atoms with van der Waals surface area (Å²) >= 11 is 0. The third-order valence-corrected chi connectivity index (χ3v) is 4.48. The zero-order valence-electron chi connectivity index (χ0n) is 13.0. The van der Waals surface area contributed by atoms with E-state index in [9.17, 15) is 4.79 Å². The van der Waals surface area contributed by atoms with Crippen LogP contribution in [0.2, 0.25) is 0 Å². The van der Waals surface area contributed by atoms with Crippen LogP contribution in [-0.4, -0.2) is 54.7 Å². The van der Waals surface area contributed by atoms with E-state index in [1.165, 1.54) is 16.7 Å². The third kappa shape index (κ3) is 3.38. The highest BCUT2D eigenvalue weighted by atomic mass is 16.6. The molecular formula is C17H24N2O2. The first kappa shape index (κ1) is 14.4. The summed E-state index contributed by atoms with van der Waals surface area (Å²) in [6, 6.07) is 7.12. The van der Waals surface area contributed by atoms with Gasteiger partial charge in [-0.3, -0.25) is 0 Å². The van der Waals surface area contributed by atoms with Crippen LogP contribution in [0.1, 0.15) is 23.1 Å². The van der Waals surface area contributed by atoms with E-state index in [1.807, 2.05) is 4.90 Å². The summed E-state index contributed by atoms with van der Waals surface area (Å²) in [6.07, 6.45) is 2.03. The monoisotopic (exact) mass is 288 g/mol. The largest absolute Gasteiger partial charge is 0.448 e. The van der Waals surface area contributed by atoms with Crippen molar-refractivity contribution in [2.45, 2.75) is 32.7 Å². The molecule has 21 heavy (non-hydrogen) atoms. The van der Waals surface area contributed by atoms with E-state index in [0.717, 1.165) is 39.0 Å². The molecule has 1 atom stereocenters. The average molecular weight is 288 g/mol. The number of amides is 1. The molecule has 0 radical (unpaired) electrons. The molecule has 0 N–H and O–H groups in total. The normalized spacial score (nSPS) is 22.9. The lowest BCUT2D eigenvalue weighted by Crippen LogP contribution is -2.38. The Bertz CT molecular complexity index is 509. The van der Waals surface area contributed by atoms with Crippen molar-refractivity contribution in [2.75, 3.05) is 32.8 Å². The quantitative estimate of drug-likeness (QED) is 0.853. The van der Waals surface area contributed by atoms with Crippen molar-refractivity contribution in [3.05, 3.63) is 34.9 Å². The van der Waals surface area contributed by atoms with Gasteiger partial charge in [0, 0.05) is 25.7 Å². The number of likely N-dealkylation sites (tertiary alicyclic amines) is 1. The molecule has 2 heterocycles. The van der Waals surface area contributed by atoms with Crippen molar-refractivity contribution >= 4 is 6.09 Å². The van der Waals surface area contributed by atoms with Crippen LogP contribution in [0.25, 0.3) is 0 Å². The summed E-state index contributed by atoms with van der Waals surface area (Å²) in [6.45, 7) is 8.76. The van der Waals surface area contributed by atoms with Gasteiger partial charge in [-0.25, -0.2) is 4.79 Å². The van der Waals surface area contributed by atoms with Crippen LogP contribution in [0.3, 0.4) is 0 Å². The summed E-state index contributed by atoms with van der Waals surface area (Å²) in [7, 11) is 0. The molecule has 0 saturated carbocycles. The predicted molar refractivity (Wildman–Crippen MR) is 82.5 cm³/mol. The van der Waals surface area contributed by atoms with Crippen molar-refractivity contribution < 1.29 is 9.53 Å². The molecule has 2 fully saturated rings. The lowest BCUT2D eigenvalue weighted by atomic mass is 10.1. The van der Waals surface area contributed by atoms with Gasteiger partial charge in [0.1, 0.15) is 6.61 Å². The Kier molecular flexibility index (Phi) is 4.15. The summed E-state index contributed by atoms with van der Waals surface area (Å²) in [5, 5.41) is 0. The Morgan fingerprint density at radius 3 is 2.62 bits per heavy atom. The molecule has 4 nitrogen and oxygen atoms in total. The Morgan fingerprint density at radius 2 is 1.95 bits per heavy atom. The fraction of sp³-hybridized carbons (Fsp3) is 0.588. The van der Waals surface area contributed by atoms with Gasteiger partial charge in [-0.1, -0.05) is 29.3 Å². The fourth-order valence-corrected chi connectivity index (χ4v) is 3.51. The van der Waals surface area contributed by atoms with E-state index < -0.39 is 0 Å². The molecule has 1 aromatic rings. The van der Waals surface area contributed by atoms with Gasteiger partial charge < -0.3 is 14.5 Å². The summed E-state index contributed by atoms with van der Waals surface area (Å²) in [5.41, 5.74) is 4.09. The number of nitrogens with zero attached hydrogens (tertiary/aromatic N) is 2. The van der Waals surface area contributed by atoms with Crippen molar-refractivity contribution in [3.8, 4) is 0 Å². The molecule has 4 heteroatoms. The average Bonchev–Trinajstić information content (AvgIpc) is 3.03. The number of benzene rings is 1. The van der Waals surface area contributed by atoms with Crippen LogP contribution in [0.5, 0.6) is 0 Å². The summed E-state index contributed by atoms with van der Waals surface area (Å²) < 4.78 is 5.04. The minimum atomic E-state index is -0.129. The second-order valence-corrected chi connectivity index (χ2v) is 6.30. The Balaban J connectivity index is 1.52. The van der Waals surface area contributed by atoms with Crippen molar-refractivity contribution in [1.82, 2.24) is 9.80 Å². The van der Waals surface area contributed by atoms with Crippen LogP contribution in [-0.2, 0) is 11.2 Å². The van der Waals surface area contributed by atoms with E-state index in [2.05, 4.69) is 36.9 Å². The fourth-order valence-electron chi connectivity index (χ4n) is 3.51. The van der Waals surface area contributed by atoms with E-state index in [1.54, 1.807) is 0 Å². The second kappa shape index (κ2) is 6.06. The smallest absolute Gasteiger partial charge is 0.410 e. The highest BCUT2D eigenvalue weighted by molar-refractivity contribution is 5.69. The van der Waals surface area contributed by atoms with Crippen LogP contribution in [0.4, 0.5) is 4.79 Å². The van der Waals surface area contributed by atoms with Crippen LogP contribution in [0, 0.1) is 13.8 Å². The summed E-state index contributed by atoms with van der Waals surface area (Å²) in [4.78, 5) is 16.0. The minimum Gasteiger partial charge on any atom is -0.448 e. The number of carbonyl (C=O) groups excluding carboxylic acids is 1. The van der Waals surface area contributed by atoms with Crippen molar-refractivity contribution in [3.63, 3.8) is 0 Å². The van der Waals surface area contributed by atoms with E-state index in [0.29, 0.717) is 12.6 Å². The van der Waals surface area contributed by atoms with Gasteiger partial charge in [-0.05, 0) is 32.3 Å². The zero-order chi connectivity index (χ0) is 14.8. The molecule has 0 bridgehead atoms. The summed E-state index contributed by atoms with van der Waals surface area (Å²) in [5.74, 6) is 0. The van der Waals surface area contributed by atoms with Gasteiger partial charge in [0.15, 0.2) is 0 Å². The van der Waals surface area contributed by atoms with Crippen molar-refractivity contribution in [2.24, 2.45) is 0 Å². The Labute approximate surface area is 126 Å². The topological polar surface area (TPSA) is 32.8 Å². The molecule has 0 aromatic heterocycles. The van der Waals surface area contributed by atoms with Crippen LogP contribution >= 0.6 is 0 Å². The molecule has 2 aliphatic heterocycles. The maximum Gasteiger partial charge on any atom is 0.410 e. The molecule has 1 aromatic carbocycles. The Morgan fingerprint density at radius 1 is 1.19 bits per heavy atom.